The molecule has 2 N–H and O–H groups in total. The summed E-state index contributed by atoms with van der Waals surface area (Å²) in [7, 11) is 0. The molecule has 0 radical (unpaired) electrons. The van der Waals surface area contributed by atoms with Crippen LogP contribution in [-0.4, -0.2) is 16.8 Å². The molecule has 0 saturated heterocycles. The van der Waals surface area contributed by atoms with Crippen LogP contribution in [0.25, 0.3) is 11.1 Å². The van der Waals surface area contributed by atoms with Crippen molar-refractivity contribution in [2.24, 2.45) is 5.92 Å². The number of carbonyl (C=O) groups excluding carboxylic acids is 1. The minimum atomic E-state index is -0.285. The third-order valence-corrected chi connectivity index (χ3v) is 5.62. The Bertz CT molecular complexity index is 920. The molecule has 0 spiro atoms. The Morgan fingerprint density at radius 1 is 1.32 bits per heavy atom. The maximum absolute atomic E-state index is 14.9. The predicted octanol–water partition coefficient (Wildman–Crippen LogP) is 4.74. The van der Waals surface area contributed by atoms with Crippen LogP contribution in [0.15, 0.2) is 48.4 Å². The molecule has 2 heterocycles. The first kappa shape index (κ1) is 18.7. The Morgan fingerprint density at radius 2 is 2.14 bits per heavy atom. The Kier molecular flexibility index (Phi) is 5.16. The molecular weight excluding hydrogens is 353 g/mol. The van der Waals surface area contributed by atoms with E-state index in [0.717, 1.165) is 36.9 Å². The smallest absolute Gasteiger partial charge is 0.184 e. The molecule has 2 aliphatic rings. The summed E-state index contributed by atoms with van der Waals surface area (Å²) in [4.78, 5) is 16.4. The lowest BCUT2D eigenvalue weighted by atomic mass is 9.99. The van der Waals surface area contributed by atoms with E-state index in [-0.39, 0.29) is 23.6 Å². The minimum Gasteiger partial charge on any atom is -0.386 e. The summed E-state index contributed by atoms with van der Waals surface area (Å²) in [5.41, 5.74) is 3.67. The molecule has 1 aromatic heterocycles. The number of Topliss-reactive ketones (excluding diaryl/α,β-unsaturated/α-hetero) is 1. The lowest BCUT2D eigenvalue weighted by Gasteiger charge is -2.18. The molecule has 0 amide bonds. The van der Waals surface area contributed by atoms with Gasteiger partial charge >= 0.3 is 0 Å². The van der Waals surface area contributed by atoms with Gasteiger partial charge in [-0.05, 0) is 55.5 Å². The number of carbonyl (C=O) groups is 1. The van der Waals surface area contributed by atoms with Crippen molar-refractivity contribution in [1.29, 1.82) is 0 Å². The van der Waals surface area contributed by atoms with Crippen LogP contribution < -0.4 is 10.6 Å². The maximum Gasteiger partial charge on any atom is 0.184 e. The number of nitrogens with zero attached hydrogens (tertiary/aromatic N) is 1. The number of hydrogen-bond acceptors (Lipinski definition) is 4. The van der Waals surface area contributed by atoms with Crippen LogP contribution in [0.2, 0.25) is 0 Å². The van der Waals surface area contributed by atoms with E-state index in [0.29, 0.717) is 22.9 Å². The number of benzene rings is 1. The molecule has 1 aliphatic heterocycles. The number of ketones is 1. The van der Waals surface area contributed by atoms with Crippen LogP contribution in [0.5, 0.6) is 0 Å². The van der Waals surface area contributed by atoms with Gasteiger partial charge in [0.05, 0.1) is 0 Å². The summed E-state index contributed by atoms with van der Waals surface area (Å²) >= 11 is 0. The molecule has 0 bridgehead atoms. The molecule has 1 aliphatic carbocycles. The number of hydrogen-bond donors (Lipinski definition) is 2. The molecule has 1 fully saturated rings. The first-order valence-electron chi connectivity index (χ1n) is 10.1. The molecule has 1 aromatic carbocycles. The van der Waals surface area contributed by atoms with Crippen molar-refractivity contribution in [2.45, 2.75) is 51.6 Å². The van der Waals surface area contributed by atoms with Crippen LogP contribution in [0.1, 0.15) is 61.6 Å². The van der Waals surface area contributed by atoms with Crippen LogP contribution in [-0.2, 0) is 0 Å². The van der Waals surface area contributed by atoms with Crippen molar-refractivity contribution in [1.82, 2.24) is 15.6 Å². The van der Waals surface area contributed by atoms with Crippen LogP contribution in [0.4, 0.5) is 4.39 Å². The molecule has 28 heavy (non-hydrogen) atoms. The van der Waals surface area contributed by atoms with Crippen LogP contribution in [0.3, 0.4) is 0 Å². The Balaban J connectivity index is 1.50. The van der Waals surface area contributed by atoms with E-state index < -0.39 is 0 Å². The molecule has 2 unspecified atom stereocenters. The number of pyridine rings is 1. The maximum atomic E-state index is 14.9. The van der Waals surface area contributed by atoms with Gasteiger partial charge in [-0.1, -0.05) is 19.1 Å². The Hall–Kier alpha value is -2.69. The van der Waals surface area contributed by atoms with E-state index in [1.807, 2.05) is 19.2 Å². The fraction of sp³-hybridized carbons (Fsp3) is 0.391. The second kappa shape index (κ2) is 7.74. The molecule has 5 heteroatoms. The van der Waals surface area contributed by atoms with E-state index in [4.69, 9.17) is 0 Å². The molecule has 2 aromatic rings. The lowest BCUT2D eigenvalue weighted by Crippen LogP contribution is -2.20. The van der Waals surface area contributed by atoms with Gasteiger partial charge in [0.1, 0.15) is 11.5 Å². The van der Waals surface area contributed by atoms with Crippen molar-refractivity contribution >= 4 is 5.78 Å². The highest BCUT2D eigenvalue weighted by Gasteiger charge is 2.31. The number of aromatic nitrogens is 1. The Labute approximate surface area is 165 Å². The summed E-state index contributed by atoms with van der Waals surface area (Å²) in [6.45, 7) is 4.20. The van der Waals surface area contributed by atoms with Crippen molar-refractivity contribution in [3.63, 3.8) is 0 Å². The predicted molar refractivity (Wildman–Crippen MR) is 108 cm³/mol. The fourth-order valence-electron chi connectivity index (χ4n) is 3.65. The minimum absolute atomic E-state index is 0.0108. The van der Waals surface area contributed by atoms with E-state index in [1.165, 1.54) is 0 Å². The van der Waals surface area contributed by atoms with Crippen molar-refractivity contribution in [3.8, 4) is 11.1 Å². The molecule has 1 saturated carbocycles. The zero-order chi connectivity index (χ0) is 19.7. The highest BCUT2D eigenvalue weighted by atomic mass is 19.1. The monoisotopic (exact) mass is 379 g/mol. The first-order chi connectivity index (χ1) is 13.5. The van der Waals surface area contributed by atoms with Crippen LogP contribution in [0, 0.1) is 11.7 Å². The summed E-state index contributed by atoms with van der Waals surface area (Å²) in [5.74, 6) is -0.110. The Morgan fingerprint density at radius 3 is 2.82 bits per heavy atom. The highest BCUT2D eigenvalue weighted by Crippen LogP contribution is 2.33. The second-order valence-corrected chi connectivity index (χ2v) is 7.82. The molecule has 146 valence electrons. The van der Waals surface area contributed by atoms with Gasteiger partial charge in [0.2, 0.25) is 0 Å². The van der Waals surface area contributed by atoms with E-state index in [9.17, 15) is 9.18 Å². The van der Waals surface area contributed by atoms with Gasteiger partial charge < -0.3 is 10.6 Å². The van der Waals surface area contributed by atoms with Gasteiger partial charge in [0.15, 0.2) is 5.78 Å². The first-order valence-corrected chi connectivity index (χ1v) is 10.1. The summed E-state index contributed by atoms with van der Waals surface area (Å²) in [6.07, 6.45) is 7.52. The third-order valence-electron chi connectivity index (χ3n) is 5.62. The lowest BCUT2D eigenvalue weighted by molar-refractivity contribution is 0.0963. The zero-order valence-corrected chi connectivity index (χ0v) is 16.3. The van der Waals surface area contributed by atoms with E-state index in [1.54, 1.807) is 30.5 Å². The average Bonchev–Trinajstić information content (AvgIpc) is 3.46. The largest absolute Gasteiger partial charge is 0.386 e. The molecular formula is C23H26FN3O. The van der Waals surface area contributed by atoms with Gasteiger partial charge in [-0.25, -0.2) is 4.39 Å². The normalized spacial score (nSPS) is 19.7. The summed E-state index contributed by atoms with van der Waals surface area (Å²) < 4.78 is 14.9. The van der Waals surface area contributed by atoms with Gasteiger partial charge in [0.25, 0.3) is 0 Å². The third kappa shape index (κ3) is 3.93. The average molecular weight is 379 g/mol. The number of nitrogens with one attached hydrogen (secondary N) is 2. The zero-order valence-electron chi connectivity index (χ0n) is 16.3. The van der Waals surface area contributed by atoms with E-state index in [2.05, 4.69) is 22.5 Å². The molecule has 4 rings (SSSR count). The van der Waals surface area contributed by atoms with E-state index >= 15 is 0 Å². The number of rotatable bonds is 7. The van der Waals surface area contributed by atoms with Gasteiger partial charge in [-0.3, -0.25) is 9.78 Å². The SMILES string of the molecule is CCC1CC(NC(C)c2ccc(-c3ccnc(C(=O)C4CC4)c3)c(F)c2)=CN1. The topological polar surface area (TPSA) is 54.0 Å². The molecule has 4 nitrogen and oxygen atoms in total. The van der Waals surface area contributed by atoms with Crippen molar-refractivity contribution in [3.05, 3.63) is 65.5 Å². The molecule has 2 atom stereocenters. The van der Waals surface area contributed by atoms with Gasteiger partial charge in [0, 0.05) is 48.1 Å². The van der Waals surface area contributed by atoms with Crippen LogP contribution >= 0.6 is 0 Å². The highest BCUT2D eigenvalue weighted by molar-refractivity contribution is 5.98. The van der Waals surface area contributed by atoms with Crippen molar-refractivity contribution < 1.29 is 9.18 Å². The van der Waals surface area contributed by atoms with Gasteiger partial charge in [-0.2, -0.15) is 0 Å². The quantitative estimate of drug-likeness (QED) is 0.682. The van der Waals surface area contributed by atoms with Crippen molar-refractivity contribution in [2.75, 3.05) is 0 Å². The summed E-state index contributed by atoms with van der Waals surface area (Å²) in [6, 6.07) is 9.27. The number of halogens is 1. The second-order valence-electron chi connectivity index (χ2n) is 7.82. The fourth-order valence-corrected chi connectivity index (χ4v) is 3.65. The van der Waals surface area contributed by atoms with Gasteiger partial charge in [-0.15, -0.1) is 0 Å². The standard InChI is InChI=1S/C23H26FN3O/c1-3-18-12-19(13-26-18)27-14(2)16-6-7-20(21(24)10-16)17-8-9-25-22(11-17)23(28)15-4-5-15/h6-11,13-15,18,26-27H,3-5,12H2,1-2H3. The summed E-state index contributed by atoms with van der Waals surface area (Å²) in [5, 5.41) is 6.82.